The van der Waals surface area contributed by atoms with Gasteiger partial charge in [-0.25, -0.2) is 4.79 Å². The van der Waals surface area contributed by atoms with Crippen LogP contribution >= 0.6 is 0 Å². The largest absolute Gasteiger partial charge is 0.392 e. The molecule has 9 heteroatoms. The number of piperidine rings is 1. The number of aliphatic hydroxyl groups is 1. The Kier molecular flexibility index (Phi) is 9.60. The molecule has 52 heavy (non-hydrogen) atoms. The van der Waals surface area contributed by atoms with Crippen LogP contribution in [0.4, 0.5) is 4.79 Å². The SMILES string of the molecule is O=C(NCc1cccc(-c2ccc([C@H]3O[C@@H](CN4CCC5(CC4)OCCO5)C[C@@H](c4ccc(CO)cc4)O3)cc2)c1)NC12CC3CC(CC(C3)C1)C2. The minimum absolute atomic E-state index is 0.00950. The summed E-state index contributed by atoms with van der Waals surface area (Å²) in [6.07, 6.45) is 9.41. The molecule has 3 aliphatic heterocycles. The van der Waals surface area contributed by atoms with Gasteiger partial charge in [0.25, 0.3) is 0 Å². The summed E-state index contributed by atoms with van der Waals surface area (Å²) in [5, 5.41) is 16.2. The Morgan fingerprint density at radius 1 is 0.769 bits per heavy atom. The van der Waals surface area contributed by atoms with E-state index in [9.17, 15) is 9.90 Å². The van der Waals surface area contributed by atoms with Crippen LogP contribution < -0.4 is 10.6 Å². The fraction of sp³-hybridized carbons (Fsp3) is 0.558. The summed E-state index contributed by atoms with van der Waals surface area (Å²) in [6, 6.07) is 24.9. The molecule has 3 aromatic rings. The Bertz CT molecular complexity index is 1660. The second-order valence-electron chi connectivity index (χ2n) is 16.6. The number of nitrogens with zero attached hydrogens (tertiary/aromatic N) is 1. The number of hydrogen-bond acceptors (Lipinski definition) is 7. The molecule has 0 unspecified atom stereocenters. The molecule has 3 saturated heterocycles. The van der Waals surface area contributed by atoms with Crippen LogP contribution in [0, 0.1) is 17.8 Å². The van der Waals surface area contributed by atoms with Crippen molar-refractivity contribution in [2.75, 3.05) is 32.8 Å². The van der Waals surface area contributed by atoms with Gasteiger partial charge in [-0.3, -0.25) is 0 Å². The molecule has 4 bridgehead atoms. The molecule has 3 atom stereocenters. The van der Waals surface area contributed by atoms with Crippen LogP contribution in [-0.4, -0.2) is 66.3 Å². The molecule has 3 N–H and O–H groups in total. The first-order valence-electron chi connectivity index (χ1n) is 19.7. The lowest BCUT2D eigenvalue weighted by Crippen LogP contribution is -2.61. The normalized spacial score (nSPS) is 32.2. The quantitative estimate of drug-likeness (QED) is 0.220. The molecular formula is C43H53N3O6. The summed E-state index contributed by atoms with van der Waals surface area (Å²) in [5.41, 5.74) is 6.26. The van der Waals surface area contributed by atoms with E-state index in [0.717, 1.165) is 109 Å². The van der Waals surface area contributed by atoms with Gasteiger partial charge in [-0.15, -0.1) is 0 Å². The van der Waals surface area contributed by atoms with Gasteiger partial charge in [0, 0.05) is 56.5 Å². The molecule has 9 nitrogen and oxygen atoms in total. The molecular weight excluding hydrogens is 654 g/mol. The van der Waals surface area contributed by atoms with Gasteiger partial charge < -0.3 is 39.6 Å². The first-order chi connectivity index (χ1) is 25.4. The van der Waals surface area contributed by atoms with Gasteiger partial charge in [0.15, 0.2) is 12.1 Å². The number of hydrogen-bond donors (Lipinski definition) is 3. The Balaban J connectivity index is 0.847. The maximum atomic E-state index is 13.1. The van der Waals surface area contributed by atoms with Gasteiger partial charge in [-0.2, -0.15) is 0 Å². The van der Waals surface area contributed by atoms with E-state index in [4.69, 9.17) is 18.9 Å². The number of nitrogens with one attached hydrogen (secondary N) is 2. The van der Waals surface area contributed by atoms with E-state index in [1.165, 1.54) is 19.3 Å². The van der Waals surface area contributed by atoms with Crippen LogP contribution in [-0.2, 0) is 32.1 Å². The molecule has 3 aromatic carbocycles. The number of rotatable bonds is 9. The van der Waals surface area contributed by atoms with E-state index in [2.05, 4.69) is 76.2 Å². The van der Waals surface area contributed by atoms with Crippen LogP contribution in [0.15, 0.2) is 72.8 Å². The third-order valence-electron chi connectivity index (χ3n) is 12.8. The van der Waals surface area contributed by atoms with Crippen molar-refractivity contribution in [2.24, 2.45) is 17.8 Å². The first-order valence-corrected chi connectivity index (χ1v) is 19.7. The highest BCUT2D eigenvalue weighted by Crippen LogP contribution is 2.55. The van der Waals surface area contributed by atoms with Crippen molar-refractivity contribution in [3.05, 3.63) is 95.1 Å². The van der Waals surface area contributed by atoms with Crippen molar-refractivity contribution in [1.29, 1.82) is 0 Å². The average Bonchev–Trinajstić information content (AvgIpc) is 3.62. The average molecular weight is 708 g/mol. The van der Waals surface area contributed by atoms with E-state index < -0.39 is 12.1 Å². The molecule has 4 saturated carbocycles. The zero-order chi connectivity index (χ0) is 35.1. The number of urea groups is 1. The summed E-state index contributed by atoms with van der Waals surface area (Å²) in [4.78, 5) is 15.6. The number of likely N-dealkylation sites (tertiary alicyclic amines) is 1. The summed E-state index contributed by atoms with van der Waals surface area (Å²) >= 11 is 0. The fourth-order valence-corrected chi connectivity index (χ4v) is 10.6. The Morgan fingerprint density at radius 2 is 1.44 bits per heavy atom. The number of ether oxygens (including phenoxy) is 4. The Hall–Kier alpha value is -3.31. The molecule has 1 spiro atoms. The summed E-state index contributed by atoms with van der Waals surface area (Å²) < 4.78 is 25.3. The molecule has 7 aliphatic rings. The number of aliphatic hydroxyl groups excluding tert-OH is 1. The molecule has 2 amide bonds. The standard InChI is InChI=1S/C43H53N3O6/c47-28-29-4-6-35(7-5-29)39-22-38(27-46-14-12-43(13-15-46)49-16-17-50-43)51-40(52-39)36-10-8-34(9-11-36)37-3-1-2-30(21-37)26-44-41(48)45-42-23-31-18-32(24-42)20-33(19-31)25-42/h1-11,21,31-33,38-40,47H,12-20,22-28H2,(H2,44,45,48)/t31?,32?,33?,38-,39+,40+,42?/m1/s1. The van der Waals surface area contributed by atoms with Gasteiger partial charge in [0.2, 0.25) is 0 Å². The fourth-order valence-electron chi connectivity index (χ4n) is 10.6. The Morgan fingerprint density at radius 3 is 2.12 bits per heavy atom. The molecule has 7 fully saturated rings. The van der Waals surface area contributed by atoms with Gasteiger partial charge in [0.05, 0.1) is 32.0 Å². The minimum atomic E-state index is -0.504. The van der Waals surface area contributed by atoms with Crippen LogP contribution in [0.5, 0.6) is 0 Å². The molecule has 0 radical (unpaired) electrons. The molecule has 10 rings (SSSR count). The smallest absolute Gasteiger partial charge is 0.315 e. The monoisotopic (exact) mass is 707 g/mol. The van der Waals surface area contributed by atoms with Gasteiger partial charge in [-0.1, -0.05) is 66.7 Å². The molecule has 0 aromatic heterocycles. The number of carbonyl (C=O) groups excluding carboxylic acids is 1. The van der Waals surface area contributed by atoms with E-state index in [-0.39, 0.29) is 30.4 Å². The first kappa shape index (κ1) is 34.5. The lowest BCUT2D eigenvalue weighted by Gasteiger charge is -2.56. The van der Waals surface area contributed by atoms with Crippen molar-refractivity contribution in [2.45, 2.75) is 101 Å². The van der Waals surface area contributed by atoms with Crippen LogP contribution in [0.2, 0.25) is 0 Å². The van der Waals surface area contributed by atoms with Crippen LogP contribution in [0.3, 0.4) is 0 Å². The van der Waals surface area contributed by atoms with Crippen molar-refractivity contribution in [3.8, 4) is 11.1 Å². The minimum Gasteiger partial charge on any atom is -0.392 e. The van der Waals surface area contributed by atoms with E-state index >= 15 is 0 Å². The third kappa shape index (κ3) is 7.41. The lowest BCUT2D eigenvalue weighted by atomic mass is 9.53. The Labute approximate surface area is 307 Å². The van der Waals surface area contributed by atoms with Crippen molar-refractivity contribution >= 4 is 6.03 Å². The zero-order valence-corrected chi connectivity index (χ0v) is 30.1. The summed E-state index contributed by atoms with van der Waals surface area (Å²) in [7, 11) is 0. The van der Waals surface area contributed by atoms with E-state index in [1.54, 1.807) is 0 Å². The van der Waals surface area contributed by atoms with Gasteiger partial charge in [-0.05, 0) is 90.2 Å². The van der Waals surface area contributed by atoms with Gasteiger partial charge in [0.1, 0.15) is 0 Å². The third-order valence-corrected chi connectivity index (χ3v) is 12.8. The topological polar surface area (TPSA) is 102 Å². The van der Waals surface area contributed by atoms with Crippen LogP contribution in [0.1, 0.15) is 92.4 Å². The zero-order valence-electron chi connectivity index (χ0n) is 30.1. The van der Waals surface area contributed by atoms with Crippen LogP contribution in [0.25, 0.3) is 11.1 Å². The second-order valence-corrected chi connectivity index (χ2v) is 16.6. The lowest BCUT2D eigenvalue weighted by molar-refractivity contribution is -0.255. The summed E-state index contributed by atoms with van der Waals surface area (Å²) in [5.74, 6) is 2.00. The van der Waals surface area contributed by atoms with Crippen molar-refractivity contribution in [1.82, 2.24) is 15.5 Å². The number of benzene rings is 3. The maximum absolute atomic E-state index is 13.1. The predicted octanol–water partition coefficient (Wildman–Crippen LogP) is 7.00. The van der Waals surface area contributed by atoms with Crippen molar-refractivity contribution in [3.63, 3.8) is 0 Å². The second kappa shape index (κ2) is 14.5. The van der Waals surface area contributed by atoms with Gasteiger partial charge >= 0.3 is 6.03 Å². The molecule has 3 heterocycles. The van der Waals surface area contributed by atoms with E-state index in [1.807, 2.05) is 12.1 Å². The van der Waals surface area contributed by atoms with E-state index in [0.29, 0.717) is 19.8 Å². The summed E-state index contributed by atoms with van der Waals surface area (Å²) in [6.45, 7) is 4.53. The maximum Gasteiger partial charge on any atom is 0.315 e. The highest BCUT2D eigenvalue weighted by Gasteiger charge is 2.51. The molecule has 4 aliphatic carbocycles. The predicted molar refractivity (Wildman–Crippen MR) is 197 cm³/mol. The van der Waals surface area contributed by atoms with Crippen molar-refractivity contribution < 1.29 is 28.8 Å². The number of carbonyl (C=O) groups is 1. The highest BCUT2D eigenvalue weighted by molar-refractivity contribution is 5.75. The molecule has 276 valence electrons. The highest BCUT2D eigenvalue weighted by atomic mass is 16.7. The number of amides is 2.